The van der Waals surface area contributed by atoms with Crippen molar-refractivity contribution in [3.8, 4) is 0 Å². The number of anilines is 1. The molecule has 4 aromatic rings. The molecule has 8 heteroatoms. The van der Waals surface area contributed by atoms with Crippen molar-refractivity contribution in [2.45, 2.75) is 36.1 Å². The van der Waals surface area contributed by atoms with Crippen LogP contribution in [0.2, 0.25) is 5.02 Å². The second kappa shape index (κ2) is 7.07. The third-order valence-corrected chi connectivity index (χ3v) is 6.76. The van der Waals surface area contributed by atoms with E-state index in [0.29, 0.717) is 33.8 Å². The van der Waals surface area contributed by atoms with Gasteiger partial charge in [-0.25, -0.2) is 18.4 Å². The number of hydrogen-bond donors (Lipinski definition) is 1. The maximum absolute atomic E-state index is 13.4. The van der Waals surface area contributed by atoms with E-state index in [1.807, 2.05) is 18.2 Å². The molecule has 2 aromatic carbocycles. The summed E-state index contributed by atoms with van der Waals surface area (Å²) >= 11 is 5.91. The molecule has 0 fully saturated rings. The van der Waals surface area contributed by atoms with Gasteiger partial charge in [-0.3, -0.25) is 0 Å². The molecule has 0 saturated carbocycles. The first kappa shape index (κ1) is 18.7. The molecule has 28 heavy (non-hydrogen) atoms. The van der Waals surface area contributed by atoms with Gasteiger partial charge in [-0.1, -0.05) is 37.1 Å². The third kappa shape index (κ3) is 3.00. The number of unbranched alkanes of at least 4 members (excludes halogenated alkanes) is 1. The number of sulfone groups is 1. The predicted molar refractivity (Wildman–Crippen MR) is 111 cm³/mol. The highest BCUT2D eigenvalue weighted by atomic mass is 35.5. The second-order valence-corrected chi connectivity index (χ2v) is 8.88. The van der Waals surface area contributed by atoms with Crippen LogP contribution < -0.4 is 5.73 Å². The zero-order chi connectivity index (χ0) is 19.9. The fraction of sp³-hybridized carbons (Fsp3) is 0.200. The lowest BCUT2D eigenvalue weighted by atomic mass is 10.3. The quantitative estimate of drug-likeness (QED) is 0.520. The summed E-state index contributed by atoms with van der Waals surface area (Å²) < 4.78 is 28.5. The number of rotatable bonds is 5. The van der Waals surface area contributed by atoms with Crippen LogP contribution in [0.25, 0.3) is 22.2 Å². The number of para-hydroxylation sites is 2. The van der Waals surface area contributed by atoms with Crippen LogP contribution in [-0.4, -0.2) is 23.0 Å². The molecule has 0 unspecified atom stereocenters. The molecule has 0 aliphatic rings. The van der Waals surface area contributed by atoms with Crippen molar-refractivity contribution in [2.75, 3.05) is 5.73 Å². The Balaban J connectivity index is 2.05. The van der Waals surface area contributed by atoms with Gasteiger partial charge in [-0.2, -0.15) is 0 Å². The largest absolute Gasteiger partial charge is 0.384 e. The Labute approximate surface area is 167 Å². The van der Waals surface area contributed by atoms with Gasteiger partial charge in [0.1, 0.15) is 16.2 Å². The van der Waals surface area contributed by atoms with Crippen LogP contribution >= 0.6 is 11.6 Å². The molecule has 2 N–H and O–H groups in total. The predicted octanol–water partition coefficient (Wildman–Crippen LogP) is 4.45. The van der Waals surface area contributed by atoms with Gasteiger partial charge in [0, 0.05) is 11.6 Å². The molecule has 4 rings (SSSR count). The SMILES string of the molecule is CCCCn1c(N)c(S(=O)(=O)c2ccc(Cl)cc2)c2nc3ccccc3nc21. The standard InChI is InChI=1S/C20H19ClN4O2S/c1-2-3-12-25-19(22)18(28(26,27)14-10-8-13(21)9-11-14)17-20(25)24-16-7-5-4-6-15(16)23-17/h4-11H,2-3,12,22H2,1H3. The van der Waals surface area contributed by atoms with Crippen molar-refractivity contribution in [2.24, 2.45) is 0 Å². The van der Waals surface area contributed by atoms with Gasteiger partial charge >= 0.3 is 0 Å². The number of nitrogens with zero attached hydrogens (tertiary/aromatic N) is 3. The maximum atomic E-state index is 13.4. The van der Waals surface area contributed by atoms with Crippen LogP contribution in [0.5, 0.6) is 0 Å². The topological polar surface area (TPSA) is 90.9 Å². The van der Waals surface area contributed by atoms with E-state index in [2.05, 4.69) is 16.9 Å². The van der Waals surface area contributed by atoms with Gasteiger partial charge in [-0.15, -0.1) is 0 Å². The lowest BCUT2D eigenvalue weighted by Gasteiger charge is -2.07. The van der Waals surface area contributed by atoms with Crippen LogP contribution in [0.3, 0.4) is 0 Å². The Morgan fingerprint density at radius 3 is 2.32 bits per heavy atom. The summed E-state index contributed by atoms with van der Waals surface area (Å²) in [5.74, 6) is 0.161. The number of benzene rings is 2. The van der Waals surface area contributed by atoms with Crippen molar-refractivity contribution in [3.05, 3.63) is 53.6 Å². The molecule has 144 valence electrons. The summed E-state index contributed by atoms with van der Waals surface area (Å²) in [6.45, 7) is 2.64. The highest BCUT2D eigenvalue weighted by molar-refractivity contribution is 7.92. The van der Waals surface area contributed by atoms with Gasteiger partial charge in [0.05, 0.1) is 15.9 Å². The third-order valence-electron chi connectivity index (χ3n) is 4.67. The number of aromatic nitrogens is 3. The smallest absolute Gasteiger partial charge is 0.212 e. The minimum absolute atomic E-state index is 0.000761. The van der Waals surface area contributed by atoms with Crippen LogP contribution in [-0.2, 0) is 16.4 Å². The van der Waals surface area contributed by atoms with Gasteiger partial charge in [0.2, 0.25) is 9.84 Å². The van der Waals surface area contributed by atoms with E-state index in [1.54, 1.807) is 22.8 Å². The molecular weight excluding hydrogens is 396 g/mol. The second-order valence-electron chi connectivity index (χ2n) is 6.56. The van der Waals surface area contributed by atoms with E-state index in [9.17, 15) is 8.42 Å². The van der Waals surface area contributed by atoms with Gasteiger partial charge < -0.3 is 10.3 Å². The van der Waals surface area contributed by atoms with E-state index >= 15 is 0 Å². The van der Waals surface area contributed by atoms with Gasteiger partial charge in [0.25, 0.3) is 0 Å². The zero-order valence-corrected chi connectivity index (χ0v) is 16.8. The Hall–Kier alpha value is -2.64. The van der Waals surface area contributed by atoms with E-state index in [-0.39, 0.29) is 15.6 Å². The number of aryl methyl sites for hydroxylation is 1. The lowest BCUT2D eigenvalue weighted by molar-refractivity contribution is 0.596. The zero-order valence-electron chi connectivity index (χ0n) is 15.3. The average Bonchev–Trinajstić information content (AvgIpc) is 2.95. The Kier molecular flexibility index (Phi) is 4.72. The molecule has 6 nitrogen and oxygen atoms in total. The minimum atomic E-state index is -3.89. The fourth-order valence-electron chi connectivity index (χ4n) is 3.23. The number of hydrogen-bond acceptors (Lipinski definition) is 5. The number of fused-ring (bicyclic) bond motifs is 2. The van der Waals surface area contributed by atoms with Crippen molar-refractivity contribution >= 4 is 49.5 Å². The molecule has 0 amide bonds. The first-order valence-electron chi connectivity index (χ1n) is 8.98. The van der Waals surface area contributed by atoms with E-state index in [0.717, 1.165) is 12.8 Å². The average molecular weight is 415 g/mol. The van der Waals surface area contributed by atoms with Crippen molar-refractivity contribution in [1.82, 2.24) is 14.5 Å². The summed E-state index contributed by atoms with van der Waals surface area (Å²) in [6, 6.07) is 13.4. The molecule has 0 radical (unpaired) electrons. The van der Waals surface area contributed by atoms with Crippen molar-refractivity contribution < 1.29 is 8.42 Å². The first-order chi connectivity index (χ1) is 13.4. The minimum Gasteiger partial charge on any atom is -0.384 e. The van der Waals surface area contributed by atoms with Crippen molar-refractivity contribution in [1.29, 1.82) is 0 Å². The van der Waals surface area contributed by atoms with E-state index in [1.165, 1.54) is 12.1 Å². The van der Waals surface area contributed by atoms with Crippen LogP contribution in [0.15, 0.2) is 58.3 Å². The Morgan fingerprint density at radius 2 is 1.68 bits per heavy atom. The summed E-state index contributed by atoms with van der Waals surface area (Å²) in [5, 5.41) is 0.461. The molecular formula is C20H19ClN4O2S. The molecule has 2 aromatic heterocycles. The summed E-state index contributed by atoms with van der Waals surface area (Å²) in [6.07, 6.45) is 1.79. The fourth-order valence-corrected chi connectivity index (χ4v) is 4.86. The highest BCUT2D eigenvalue weighted by Crippen LogP contribution is 2.35. The first-order valence-corrected chi connectivity index (χ1v) is 10.8. The van der Waals surface area contributed by atoms with Crippen molar-refractivity contribution in [3.63, 3.8) is 0 Å². The molecule has 0 spiro atoms. The normalized spacial score (nSPS) is 12.1. The highest BCUT2D eigenvalue weighted by Gasteiger charge is 2.30. The lowest BCUT2D eigenvalue weighted by Crippen LogP contribution is -2.08. The van der Waals surface area contributed by atoms with Crippen LogP contribution in [0, 0.1) is 0 Å². The molecule has 0 aliphatic heterocycles. The Morgan fingerprint density at radius 1 is 1.04 bits per heavy atom. The maximum Gasteiger partial charge on any atom is 0.212 e. The van der Waals surface area contributed by atoms with Gasteiger partial charge in [-0.05, 0) is 42.8 Å². The summed E-state index contributed by atoms with van der Waals surface area (Å²) in [5.41, 5.74) is 8.44. The Bertz CT molecular complexity index is 1280. The molecule has 0 aliphatic carbocycles. The number of nitrogen functional groups attached to an aromatic ring is 1. The molecule has 0 atom stereocenters. The molecule has 2 heterocycles. The van der Waals surface area contributed by atoms with Crippen LogP contribution in [0.1, 0.15) is 19.8 Å². The molecule has 0 bridgehead atoms. The monoisotopic (exact) mass is 414 g/mol. The van der Waals surface area contributed by atoms with E-state index < -0.39 is 9.84 Å². The number of halogens is 1. The van der Waals surface area contributed by atoms with E-state index in [4.69, 9.17) is 17.3 Å². The summed E-state index contributed by atoms with van der Waals surface area (Å²) in [7, 11) is -3.89. The molecule has 0 saturated heterocycles. The summed E-state index contributed by atoms with van der Waals surface area (Å²) in [4.78, 5) is 9.39. The number of nitrogens with two attached hydrogens (primary N) is 1. The van der Waals surface area contributed by atoms with Crippen LogP contribution in [0.4, 0.5) is 5.82 Å². The van der Waals surface area contributed by atoms with Gasteiger partial charge in [0.15, 0.2) is 5.65 Å².